The molecule has 0 saturated heterocycles. The monoisotopic (exact) mass is 361 g/mol. The van der Waals surface area contributed by atoms with E-state index in [-0.39, 0.29) is 12.1 Å². The summed E-state index contributed by atoms with van der Waals surface area (Å²) in [5.74, 6) is 0. The Morgan fingerprint density at radius 3 is 2.44 bits per heavy atom. The van der Waals surface area contributed by atoms with Crippen molar-refractivity contribution in [2.45, 2.75) is 38.8 Å². The molecule has 100 valence electrons. The molecule has 0 aliphatic rings. The van der Waals surface area contributed by atoms with Crippen LogP contribution in [0, 0.1) is 0 Å². The molecule has 1 N–H and O–H groups in total. The number of amides is 1. The summed E-state index contributed by atoms with van der Waals surface area (Å²) in [5, 5.41) is 2.90. The van der Waals surface area contributed by atoms with E-state index in [9.17, 15) is 4.79 Å². The maximum Gasteiger partial charge on any atom is 0.407 e. The van der Waals surface area contributed by atoms with E-state index < -0.39 is 5.60 Å². The molecule has 0 bridgehead atoms. The zero-order valence-corrected chi connectivity index (χ0v) is 13.2. The lowest BCUT2D eigenvalue weighted by atomic mass is 10.1. The van der Waals surface area contributed by atoms with E-state index in [1.807, 2.05) is 39.0 Å². The molecule has 1 aromatic carbocycles. The normalized spacial score (nSPS) is 12.9. The minimum Gasteiger partial charge on any atom is -0.444 e. The van der Waals surface area contributed by atoms with Crippen LogP contribution in [0.2, 0.25) is 0 Å². The van der Waals surface area contributed by atoms with Crippen molar-refractivity contribution in [3.8, 4) is 0 Å². The number of hydrogen-bond acceptors (Lipinski definition) is 2. The fraction of sp³-hybridized carbons (Fsp3) is 0.500. The first-order chi connectivity index (χ1) is 8.40. The second-order valence-corrected chi connectivity index (χ2v) is 6.07. The van der Waals surface area contributed by atoms with Crippen molar-refractivity contribution in [1.82, 2.24) is 5.32 Å². The van der Waals surface area contributed by atoms with Gasteiger partial charge in [0.05, 0.1) is 0 Å². The van der Waals surface area contributed by atoms with Crippen molar-refractivity contribution in [2.75, 3.05) is 4.43 Å². The Balaban J connectivity index is 2.50. The lowest BCUT2D eigenvalue weighted by molar-refractivity contribution is 0.0510. The van der Waals surface area contributed by atoms with Crippen molar-refractivity contribution < 1.29 is 9.53 Å². The summed E-state index contributed by atoms with van der Waals surface area (Å²) in [5.41, 5.74) is 0.766. The highest BCUT2D eigenvalue weighted by molar-refractivity contribution is 14.1. The van der Waals surface area contributed by atoms with Crippen LogP contribution in [0.3, 0.4) is 0 Å². The Morgan fingerprint density at radius 2 is 1.94 bits per heavy atom. The van der Waals surface area contributed by atoms with E-state index >= 15 is 0 Å². The number of benzene rings is 1. The van der Waals surface area contributed by atoms with E-state index in [1.165, 1.54) is 5.56 Å². The van der Waals surface area contributed by atoms with Gasteiger partial charge in [0.15, 0.2) is 0 Å². The maximum absolute atomic E-state index is 11.7. The van der Waals surface area contributed by atoms with E-state index in [1.54, 1.807) is 0 Å². The highest BCUT2D eigenvalue weighted by Crippen LogP contribution is 2.09. The predicted octanol–water partition coefficient (Wildman–Crippen LogP) is 3.56. The van der Waals surface area contributed by atoms with Gasteiger partial charge in [-0.15, -0.1) is 0 Å². The topological polar surface area (TPSA) is 38.3 Å². The van der Waals surface area contributed by atoms with E-state index in [4.69, 9.17) is 4.74 Å². The number of ether oxygens (including phenoxy) is 1. The third kappa shape index (κ3) is 6.23. The summed E-state index contributed by atoms with van der Waals surface area (Å²) in [6, 6.07) is 10.2. The van der Waals surface area contributed by atoms with Crippen molar-refractivity contribution in [1.29, 1.82) is 0 Å². The lowest BCUT2D eigenvalue weighted by Gasteiger charge is -2.22. The van der Waals surface area contributed by atoms with E-state index in [0.29, 0.717) is 0 Å². The molecule has 3 nitrogen and oxygen atoms in total. The number of nitrogens with one attached hydrogen (secondary N) is 1. The lowest BCUT2D eigenvalue weighted by Crippen LogP contribution is -2.41. The number of alkyl halides is 1. The van der Waals surface area contributed by atoms with Gasteiger partial charge in [-0.1, -0.05) is 52.9 Å². The Labute approximate surface area is 122 Å². The first-order valence-corrected chi connectivity index (χ1v) is 7.52. The maximum atomic E-state index is 11.7. The minimum absolute atomic E-state index is 0.0999. The van der Waals surface area contributed by atoms with Crippen molar-refractivity contribution in [3.63, 3.8) is 0 Å². The molecule has 1 atom stereocenters. The SMILES string of the molecule is CC(C)(C)OC(=O)N[C@@H](CI)Cc1ccccc1. The van der Waals surface area contributed by atoms with Gasteiger partial charge in [0.1, 0.15) is 5.60 Å². The van der Waals surface area contributed by atoms with Gasteiger partial charge < -0.3 is 10.1 Å². The summed E-state index contributed by atoms with van der Waals surface area (Å²) in [6.07, 6.45) is 0.475. The molecule has 1 amide bonds. The Bertz CT molecular complexity index is 373. The van der Waals surface area contributed by atoms with Gasteiger partial charge >= 0.3 is 6.09 Å². The summed E-state index contributed by atoms with van der Waals surface area (Å²) in [6.45, 7) is 5.59. The average molecular weight is 361 g/mol. The molecule has 0 heterocycles. The molecule has 0 aliphatic heterocycles. The second kappa shape index (κ2) is 6.97. The van der Waals surface area contributed by atoms with Crippen molar-refractivity contribution in [3.05, 3.63) is 35.9 Å². The largest absolute Gasteiger partial charge is 0.444 e. The highest BCUT2D eigenvalue weighted by Gasteiger charge is 2.19. The minimum atomic E-state index is -0.452. The Morgan fingerprint density at radius 1 is 1.33 bits per heavy atom. The van der Waals surface area contributed by atoms with Crippen LogP contribution in [0.1, 0.15) is 26.3 Å². The van der Waals surface area contributed by atoms with Gasteiger partial charge in [-0.2, -0.15) is 0 Å². The van der Waals surface area contributed by atoms with Gasteiger partial charge in [0.2, 0.25) is 0 Å². The zero-order chi connectivity index (χ0) is 13.6. The first kappa shape index (κ1) is 15.3. The molecule has 0 fully saturated rings. The van der Waals surface area contributed by atoms with Gasteiger partial charge in [0.25, 0.3) is 0 Å². The fourth-order valence-electron chi connectivity index (χ4n) is 1.52. The van der Waals surface area contributed by atoms with Crippen LogP contribution in [-0.2, 0) is 11.2 Å². The molecule has 1 rings (SSSR count). The number of hydrogen-bond donors (Lipinski definition) is 1. The smallest absolute Gasteiger partial charge is 0.407 e. The number of rotatable bonds is 4. The standard InChI is InChI=1S/C14H20INO2/c1-14(2,3)18-13(17)16-12(10-15)9-11-7-5-4-6-8-11/h4-8,12H,9-10H2,1-3H3,(H,16,17)/t12-/m1/s1. The molecule has 0 saturated carbocycles. The van der Waals surface area contributed by atoms with Crippen molar-refractivity contribution in [2.24, 2.45) is 0 Å². The highest BCUT2D eigenvalue weighted by atomic mass is 127. The fourth-order valence-corrected chi connectivity index (χ4v) is 2.05. The quantitative estimate of drug-likeness (QED) is 0.658. The van der Waals surface area contributed by atoms with Gasteiger partial charge in [-0.25, -0.2) is 4.79 Å². The number of carbonyl (C=O) groups is 1. The number of carbonyl (C=O) groups excluding carboxylic acids is 1. The molecule has 0 aromatic heterocycles. The zero-order valence-electron chi connectivity index (χ0n) is 11.1. The van der Waals surface area contributed by atoms with E-state index in [0.717, 1.165) is 10.8 Å². The third-order valence-electron chi connectivity index (χ3n) is 2.23. The molecule has 0 radical (unpaired) electrons. The third-order valence-corrected chi connectivity index (χ3v) is 3.30. The molecule has 4 heteroatoms. The summed E-state index contributed by atoms with van der Waals surface area (Å²) in [7, 11) is 0. The van der Waals surface area contributed by atoms with Crippen molar-refractivity contribution >= 4 is 28.7 Å². The van der Waals surface area contributed by atoms with Gasteiger partial charge in [-0.3, -0.25) is 0 Å². The van der Waals surface area contributed by atoms with Crippen LogP contribution in [0.4, 0.5) is 4.79 Å². The van der Waals surface area contributed by atoms with E-state index in [2.05, 4.69) is 40.0 Å². The van der Waals surface area contributed by atoms with Crippen LogP contribution in [0.25, 0.3) is 0 Å². The van der Waals surface area contributed by atoms with Crippen LogP contribution >= 0.6 is 22.6 Å². The second-order valence-electron chi connectivity index (χ2n) is 5.19. The summed E-state index contributed by atoms with van der Waals surface area (Å²) >= 11 is 2.28. The molecular weight excluding hydrogens is 341 g/mol. The van der Waals surface area contributed by atoms with Crippen LogP contribution in [-0.4, -0.2) is 22.2 Å². The molecule has 1 aromatic rings. The summed E-state index contributed by atoms with van der Waals surface area (Å²) in [4.78, 5) is 11.7. The van der Waals surface area contributed by atoms with Gasteiger partial charge in [0, 0.05) is 10.5 Å². The van der Waals surface area contributed by atoms with Crippen LogP contribution in [0.15, 0.2) is 30.3 Å². The Hall–Kier alpha value is -0.780. The van der Waals surface area contributed by atoms with Crippen LogP contribution in [0.5, 0.6) is 0 Å². The molecule has 18 heavy (non-hydrogen) atoms. The Kier molecular flexibility index (Phi) is 5.91. The molecule has 0 spiro atoms. The predicted molar refractivity (Wildman–Crippen MR) is 82.2 cm³/mol. The molecular formula is C14H20INO2. The number of halogens is 1. The summed E-state index contributed by atoms with van der Waals surface area (Å²) < 4.78 is 6.11. The van der Waals surface area contributed by atoms with Gasteiger partial charge in [-0.05, 0) is 32.8 Å². The first-order valence-electron chi connectivity index (χ1n) is 6.00. The number of alkyl carbamates (subject to hydrolysis) is 1. The molecule has 0 aliphatic carbocycles. The van der Waals surface area contributed by atoms with Crippen LogP contribution < -0.4 is 5.32 Å². The molecule has 0 unspecified atom stereocenters. The average Bonchev–Trinajstić information content (AvgIpc) is 2.27.